The van der Waals surface area contributed by atoms with Crippen molar-refractivity contribution in [2.24, 2.45) is 0 Å². The minimum atomic E-state index is -0.453. The van der Waals surface area contributed by atoms with E-state index in [2.05, 4.69) is 0 Å². The SMILES string of the molecule is O=C1OCC(CCOC2CCCCO2)(c2ccc(Cl)c(Cl)c2)CN1Cc1ccccc1. The van der Waals surface area contributed by atoms with E-state index in [0.29, 0.717) is 36.2 Å². The van der Waals surface area contributed by atoms with Crippen LogP contribution in [0.1, 0.15) is 36.8 Å². The molecule has 0 spiro atoms. The van der Waals surface area contributed by atoms with Crippen LogP contribution < -0.4 is 0 Å². The Morgan fingerprint density at radius 1 is 1.10 bits per heavy atom. The van der Waals surface area contributed by atoms with Crippen molar-refractivity contribution < 1.29 is 19.0 Å². The van der Waals surface area contributed by atoms with E-state index in [1.54, 1.807) is 11.0 Å². The fourth-order valence-corrected chi connectivity index (χ4v) is 4.51. The van der Waals surface area contributed by atoms with Crippen molar-refractivity contribution in [3.05, 3.63) is 69.7 Å². The first-order chi connectivity index (χ1) is 15.1. The van der Waals surface area contributed by atoms with Gasteiger partial charge in [0.15, 0.2) is 6.29 Å². The van der Waals surface area contributed by atoms with Gasteiger partial charge in [-0.05, 0) is 48.9 Å². The Labute approximate surface area is 193 Å². The van der Waals surface area contributed by atoms with Crippen LogP contribution in [0.5, 0.6) is 0 Å². The highest BCUT2D eigenvalue weighted by Crippen LogP contribution is 2.37. The van der Waals surface area contributed by atoms with Crippen molar-refractivity contribution in [1.82, 2.24) is 4.90 Å². The molecule has 0 bridgehead atoms. The maximum absolute atomic E-state index is 12.6. The van der Waals surface area contributed by atoms with Gasteiger partial charge in [-0.3, -0.25) is 0 Å². The van der Waals surface area contributed by atoms with Crippen LogP contribution in [-0.2, 0) is 26.2 Å². The lowest BCUT2D eigenvalue weighted by Crippen LogP contribution is -2.52. The monoisotopic (exact) mass is 463 g/mol. The Morgan fingerprint density at radius 2 is 1.94 bits per heavy atom. The zero-order chi connectivity index (χ0) is 21.7. The molecule has 0 N–H and O–H groups in total. The van der Waals surface area contributed by atoms with Crippen LogP contribution in [0, 0.1) is 0 Å². The van der Waals surface area contributed by atoms with E-state index in [1.807, 2.05) is 42.5 Å². The summed E-state index contributed by atoms with van der Waals surface area (Å²) in [5, 5.41) is 0.989. The molecule has 2 aromatic rings. The second-order valence-corrected chi connectivity index (χ2v) is 9.04. The summed E-state index contributed by atoms with van der Waals surface area (Å²) in [7, 11) is 0. The normalized spacial score (nSPS) is 24.1. The Bertz CT molecular complexity index is 888. The molecule has 1 amide bonds. The summed E-state index contributed by atoms with van der Waals surface area (Å²) in [6.07, 6.45) is 3.31. The lowest BCUT2D eigenvalue weighted by atomic mass is 9.77. The van der Waals surface area contributed by atoms with Crippen LogP contribution in [0.25, 0.3) is 0 Å². The molecular formula is C24H27Cl2NO4. The number of carbonyl (C=O) groups excluding carboxylic acids is 1. The fourth-order valence-electron chi connectivity index (χ4n) is 4.22. The minimum Gasteiger partial charge on any atom is -0.448 e. The van der Waals surface area contributed by atoms with Gasteiger partial charge >= 0.3 is 6.09 Å². The van der Waals surface area contributed by atoms with Crippen molar-refractivity contribution in [3.8, 4) is 0 Å². The minimum absolute atomic E-state index is 0.161. The average Bonchev–Trinajstić information content (AvgIpc) is 2.79. The van der Waals surface area contributed by atoms with Crippen LogP contribution in [0.15, 0.2) is 48.5 Å². The maximum Gasteiger partial charge on any atom is 0.410 e. The molecule has 2 saturated heterocycles. The highest BCUT2D eigenvalue weighted by Gasteiger charge is 2.42. The standard InChI is InChI=1S/C24H27Cl2NO4/c25-20-10-9-19(14-21(20)26)24(11-13-30-22-8-4-5-12-29-22)16-27(23(28)31-17-24)15-18-6-2-1-3-7-18/h1-3,6-7,9-10,14,22H,4-5,8,11-13,15-17H2. The van der Waals surface area contributed by atoms with Crippen molar-refractivity contribution in [2.75, 3.05) is 26.4 Å². The van der Waals surface area contributed by atoms with Gasteiger partial charge in [-0.1, -0.05) is 59.6 Å². The number of halogens is 2. The first-order valence-electron chi connectivity index (χ1n) is 10.7. The van der Waals surface area contributed by atoms with E-state index < -0.39 is 5.41 Å². The zero-order valence-corrected chi connectivity index (χ0v) is 18.9. The summed E-state index contributed by atoms with van der Waals surface area (Å²) < 4.78 is 17.4. The van der Waals surface area contributed by atoms with E-state index in [0.717, 1.165) is 37.0 Å². The molecule has 7 heteroatoms. The average molecular weight is 464 g/mol. The van der Waals surface area contributed by atoms with Crippen molar-refractivity contribution in [1.29, 1.82) is 0 Å². The Hall–Kier alpha value is -1.79. The lowest BCUT2D eigenvalue weighted by Gasteiger charge is -2.42. The number of benzene rings is 2. The summed E-state index contributed by atoms with van der Waals surface area (Å²) in [6.45, 7) is 2.50. The Balaban J connectivity index is 1.54. The second-order valence-electron chi connectivity index (χ2n) is 8.22. The van der Waals surface area contributed by atoms with Gasteiger partial charge in [0, 0.05) is 25.1 Å². The van der Waals surface area contributed by atoms with E-state index >= 15 is 0 Å². The van der Waals surface area contributed by atoms with Crippen LogP contribution in [-0.4, -0.2) is 43.6 Å². The van der Waals surface area contributed by atoms with Gasteiger partial charge in [-0.2, -0.15) is 0 Å². The molecule has 2 fully saturated rings. The molecule has 31 heavy (non-hydrogen) atoms. The molecule has 2 aromatic carbocycles. The molecule has 4 rings (SSSR count). The Morgan fingerprint density at radius 3 is 2.68 bits per heavy atom. The number of nitrogens with zero attached hydrogens (tertiary/aromatic N) is 1. The molecule has 2 aliphatic heterocycles. The number of cyclic esters (lactones) is 1. The highest BCUT2D eigenvalue weighted by atomic mass is 35.5. The topological polar surface area (TPSA) is 48.0 Å². The molecule has 0 aromatic heterocycles. The summed E-state index contributed by atoms with van der Waals surface area (Å²) in [6, 6.07) is 15.5. The first kappa shape index (κ1) is 22.4. The van der Waals surface area contributed by atoms with Crippen LogP contribution >= 0.6 is 23.2 Å². The fraction of sp³-hybridized carbons (Fsp3) is 0.458. The van der Waals surface area contributed by atoms with E-state index in [4.69, 9.17) is 37.4 Å². The predicted octanol–water partition coefficient (Wildman–Crippen LogP) is 5.82. The highest BCUT2D eigenvalue weighted by molar-refractivity contribution is 6.42. The largest absolute Gasteiger partial charge is 0.448 e. The molecule has 2 heterocycles. The summed E-state index contributed by atoms with van der Waals surface area (Å²) in [5.41, 5.74) is 1.59. The van der Waals surface area contributed by atoms with Gasteiger partial charge in [0.05, 0.1) is 16.7 Å². The van der Waals surface area contributed by atoms with Crippen molar-refractivity contribution in [3.63, 3.8) is 0 Å². The first-order valence-corrected chi connectivity index (χ1v) is 11.5. The van der Waals surface area contributed by atoms with E-state index in [1.165, 1.54) is 0 Å². The van der Waals surface area contributed by atoms with Gasteiger partial charge in [0.2, 0.25) is 0 Å². The zero-order valence-electron chi connectivity index (χ0n) is 17.4. The van der Waals surface area contributed by atoms with Crippen LogP contribution in [0.3, 0.4) is 0 Å². The molecule has 2 atom stereocenters. The summed E-state index contributed by atoms with van der Waals surface area (Å²) in [5.74, 6) is 0. The van der Waals surface area contributed by atoms with Crippen molar-refractivity contribution >= 4 is 29.3 Å². The van der Waals surface area contributed by atoms with Crippen LogP contribution in [0.2, 0.25) is 10.0 Å². The quantitative estimate of drug-likeness (QED) is 0.519. The second kappa shape index (κ2) is 10.2. The van der Waals surface area contributed by atoms with E-state index in [-0.39, 0.29) is 19.0 Å². The molecule has 5 nitrogen and oxygen atoms in total. The van der Waals surface area contributed by atoms with Gasteiger partial charge < -0.3 is 19.1 Å². The molecular weight excluding hydrogens is 437 g/mol. The summed E-state index contributed by atoms with van der Waals surface area (Å²) in [4.78, 5) is 14.3. The molecule has 2 aliphatic rings. The number of hydrogen-bond acceptors (Lipinski definition) is 4. The smallest absolute Gasteiger partial charge is 0.410 e. The van der Waals surface area contributed by atoms with Gasteiger partial charge in [-0.15, -0.1) is 0 Å². The Kier molecular flexibility index (Phi) is 7.39. The van der Waals surface area contributed by atoms with Crippen molar-refractivity contribution in [2.45, 2.75) is 43.9 Å². The predicted molar refractivity (Wildman–Crippen MR) is 121 cm³/mol. The van der Waals surface area contributed by atoms with Crippen LogP contribution in [0.4, 0.5) is 4.79 Å². The third-order valence-corrected chi connectivity index (χ3v) is 6.73. The third kappa shape index (κ3) is 5.53. The summed E-state index contributed by atoms with van der Waals surface area (Å²) >= 11 is 12.5. The lowest BCUT2D eigenvalue weighted by molar-refractivity contribution is -0.166. The number of ether oxygens (including phenoxy) is 3. The molecule has 0 radical (unpaired) electrons. The molecule has 166 valence electrons. The maximum atomic E-state index is 12.6. The number of hydrogen-bond donors (Lipinski definition) is 0. The molecule has 0 saturated carbocycles. The van der Waals surface area contributed by atoms with Gasteiger partial charge in [-0.25, -0.2) is 4.79 Å². The third-order valence-electron chi connectivity index (χ3n) is 5.99. The van der Waals surface area contributed by atoms with Gasteiger partial charge in [0.1, 0.15) is 6.61 Å². The number of amides is 1. The molecule has 0 aliphatic carbocycles. The number of rotatable bonds is 7. The van der Waals surface area contributed by atoms with Gasteiger partial charge in [0.25, 0.3) is 0 Å². The molecule has 2 unspecified atom stereocenters. The van der Waals surface area contributed by atoms with E-state index in [9.17, 15) is 4.79 Å². The number of carbonyl (C=O) groups is 1.